The Morgan fingerprint density at radius 3 is 2.08 bits per heavy atom. The number of hydrogen-bond donors (Lipinski definition) is 1. The first-order valence-corrected chi connectivity index (χ1v) is 14.4. The Labute approximate surface area is 224 Å². The van der Waals surface area contributed by atoms with Gasteiger partial charge >= 0.3 is 0 Å². The Hall–Kier alpha value is -3.72. The lowest BCUT2D eigenvalue weighted by atomic mass is 10.0. The maximum atomic E-state index is 13.9. The van der Waals surface area contributed by atoms with E-state index in [2.05, 4.69) is 5.32 Å². The number of carbonyl (C=O) groups is 2. The summed E-state index contributed by atoms with van der Waals surface area (Å²) >= 11 is 0. The van der Waals surface area contributed by atoms with Crippen molar-refractivity contribution < 1.29 is 22.4 Å². The molecule has 2 amide bonds. The number of nitrogens with one attached hydrogen (secondary N) is 1. The maximum absolute atomic E-state index is 13.9. The third kappa shape index (κ3) is 8.41. The lowest BCUT2D eigenvalue weighted by molar-refractivity contribution is -0.140. The minimum atomic E-state index is -3.81. The average molecular weight is 540 g/mol. The first kappa shape index (κ1) is 28.8. The number of amides is 2. The molecule has 0 heterocycles. The molecule has 1 atom stereocenters. The molecule has 0 saturated carbocycles. The second-order valence-electron chi connectivity index (χ2n) is 9.10. The van der Waals surface area contributed by atoms with Crippen molar-refractivity contribution in [2.75, 3.05) is 23.7 Å². The van der Waals surface area contributed by atoms with Gasteiger partial charge in [0.2, 0.25) is 21.8 Å². The smallest absolute Gasteiger partial charge is 0.244 e. The molecule has 38 heavy (non-hydrogen) atoms. The number of para-hydroxylation sites is 1. The van der Waals surface area contributed by atoms with Crippen molar-refractivity contribution in [1.82, 2.24) is 10.2 Å². The van der Waals surface area contributed by atoms with Gasteiger partial charge < -0.3 is 10.2 Å². The molecule has 0 radical (unpaired) electrons. The van der Waals surface area contributed by atoms with Crippen molar-refractivity contribution in [2.24, 2.45) is 0 Å². The van der Waals surface area contributed by atoms with Gasteiger partial charge in [0.15, 0.2) is 0 Å². The molecule has 0 aliphatic carbocycles. The van der Waals surface area contributed by atoms with Crippen LogP contribution in [0.4, 0.5) is 10.1 Å². The lowest BCUT2D eigenvalue weighted by Gasteiger charge is -2.33. The molecule has 7 nitrogen and oxygen atoms in total. The minimum absolute atomic E-state index is 0.00417. The van der Waals surface area contributed by atoms with Crippen LogP contribution < -0.4 is 9.62 Å². The molecular weight excluding hydrogens is 505 g/mol. The van der Waals surface area contributed by atoms with Gasteiger partial charge in [0, 0.05) is 19.5 Å². The first-order valence-electron chi connectivity index (χ1n) is 12.6. The fourth-order valence-electron chi connectivity index (χ4n) is 4.05. The molecule has 202 valence electrons. The van der Waals surface area contributed by atoms with E-state index in [9.17, 15) is 22.4 Å². The number of hydrogen-bond acceptors (Lipinski definition) is 4. The predicted molar refractivity (Wildman–Crippen MR) is 147 cm³/mol. The van der Waals surface area contributed by atoms with Crippen molar-refractivity contribution in [1.29, 1.82) is 0 Å². The average Bonchev–Trinajstić information content (AvgIpc) is 2.90. The molecule has 0 aliphatic rings. The van der Waals surface area contributed by atoms with E-state index >= 15 is 0 Å². The fourth-order valence-corrected chi connectivity index (χ4v) is 4.90. The summed E-state index contributed by atoms with van der Waals surface area (Å²) in [5.41, 5.74) is 1.81. The van der Waals surface area contributed by atoms with Gasteiger partial charge in [0.25, 0.3) is 0 Å². The number of carbonyl (C=O) groups excluding carboxylic acids is 2. The number of nitrogens with zero attached hydrogens (tertiary/aromatic N) is 2. The molecule has 0 aliphatic heterocycles. The Morgan fingerprint density at radius 2 is 1.50 bits per heavy atom. The summed E-state index contributed by atoms with van der Waals surface area (Å²) in [6.45, 7) is 1.99. The second kappa shape index (κ2) is 13.7. The second-order valence-corrected chi connectivity index (χ2v) is 11.0. The zero-order valence-corrected chi connectivity index (χ0v) is 22.5. The van der Waals surface area contributed by atoms with Crippen LogP contribution in [0, 0.1) is 5.82 Å². The van der Waals surface area contributed by atoms with Crippen LogP contribution in [0.15, 0.2) is 84.9 Å². The number of halogens is 1. The SMILES string of the molecule is CCCCNC(=O)[C@H](Cc1ccccc1)N(Cc1ccc(F)cc1)C(=O)CN(c1ccccc1)S(C)(=O)=O. The van der Waals surface area contributed by atoms with Gasteiger partial charge in [0.1, 0.15) is 18.4 Å². The highest BCUT2D eigenvalue weighted by atomic mass is 32.2. The van der Waals surface area contributed by atoms with E-state index in [1.807, 2.05) is 37.3 Å². The van der Waals surface area contributed by atoms with Crippen molar-refractivity contribution in [3.8, 4) is 0 Å². The van der Waals surface area contributed by atoms with Crippen molar-refractivity contribution in [3.05, 3.63) is 102 Å². The van der Waals surface area contributed by atoms with Crippen LogP contribution in [-0.4, -0.2) is 50.5 Å². The van der Waals surface area contributed by atoms with Crippen LogP contribution >= 0.6 is 0 Å². The highest BCUT2D eigenvalue weighted by Crippen LogP contribution is 2.20. The summed E-state index contributed by atoms with van der Waals surface area (Å²) in [6.07, 6.45) is 2.94. The molecule has 0 saturated heterocycles. The van der Waals surface area contributed by atoms with Gasteiger partial charge in [-0.2, -0.15) is 0 Å². The monoisotopic (exact) mass is 539 g/mol. The summed E-state index contributed by atoms with van der Waals surface area (Å²) in [5, 5.41) is 2.92. The standard InChI is InChI=1S/C29H34FN3O4S/c1-3-4-19-31-29(35)27(20-23-11-7-5-8-12-23)32(21-24-15-17-25(30)18-16-24)28(34)22-33(38(2,36)37)26-13-9-6-10-14-26/h5-18,27H,3-4,19-22H2,1-2H3,(H,31,35)/t27-/m0/s1. The first-order chi connectivity index (χ1) is 18.2. The quantitative estimate of drug-likeness (QED) is 0.331. The summed E-state index contributed by atoms with van der Waals surface area (Å²) in [4.78, 5) is 28.7. The Morgan fingerprint density at radius 1 is 0.895 bits per heavy atom. The topological polar surface area (TPSA) is 86.8 Å². The van der Waals surface area contributed by atoms with Gasteiger partial charge in [-0.3, -0.25) is 13.9 Å². The molecular formula is C29H34FN3O4S. The molecule has 0 fully saturated rings. The van der Waals surface area contributed by atoms with E-state index in [-0.39, 0.29) is 18.9 Å². The Balaban J connectivity index is 2.01. The molecule has 3 rings (SSSR count). The van der Waals surface area contributed by atoms with Crippen LogP contribution in [0.1, 0.15) is 30.9 Å². The minimum Gasteiger partial charge on any atom is -0.354 e. The van der Waals surface area contributed by atoms with Gasteiger partial charge in [-0.1, -0.05) is 74.0 Å². The lowest BCUT2D eigenvalue weighted by Crippen LogP contribution is -2.53. The Bertz CT molecular complexity index is 1290. The van der Waals surface area contributed by atoms with Gasteiger partial charge in [-0.05, 0) is 41.8 Å². The van der Waals surface area contributed by atoms with E-state index in [4.69, 9.17) is 0 Å². The summed E-state index contributed by atoms with van der Waals surface area (Å²) in [6, 6.07) is 22.4. The molecule has 0 spiro atoms. The molecule has 3 aromatic rings. The van der Waals surface area contributed by atoms with Crippen LogP contribution in [0.3, 0.4) is 0 Å². The maximum Gasteiger partial charge on any atom is 0.244 e. The van der Waals surface area contributed by atoms with E-state index in [0.717, 1.165) is 29.0 Å². The van der Waals surface area contributed by atoms with E-state index < -0.39 is 34.3 Å². The fraction of sp³-hybridized carbons (Fsp3) is 0.310. The third-order valence-electron chi connectivity index (χ3n) is 6.09. The van der Waals surface area contributed by atoms with Crippen molar-refractivity contribution in [2.45, 2.75) is 38.8 Å². The summed E-state index contributed by atoms with van der Waals surface area (Å²) in [5.74, 6) is -1.30. The van der Waals surface area contributed by atoms with Crippen molar-refractivity contribution in [3.63, 3.8) is 0 Å². The van der Waals surface area contributed by atoms with Gasteiger partial charge in [-0.25, -0.2) is 12.8 Å². The third-order valence-corrected chi connectivity index (χ3v) is 7.23. The highest BCUT2D eigenvalue weighted by Gasteiger charge is 2.32. The zero-order valence-electron chi connectivity index (χ0n) is 21.7. The van der Waals surface area contributed by atoms with Crippen LogP contribution in [0.2, 0.25) is 0 Å². The predicted octanol–water partition coefficient (Wildman–Crippen LogP) is 4.15. The Kier molecular flexibility index (Phi) is 10.4. The van der Waals surface area contributed by atoms with Crippen LogP contribution in [0.25, 0.3) is 0 Å². The number of benzene rings is 3. The van der Waals surface area contributed by atoms with Crippen LogP contribution in [0.5, 0.6) is 0 Å². The largest absolute Gasteiger partial charge is 0.354 e. The molecule has 0 unspecified atom stereocenters. The normalized spacial score (nSPS) is 12.0. The van der Waals surface area contributed by atoms with E-state index in [1.54, 1.807) is 42.5 Å². The van der Waals surface area contributed by atoms with E-state index in [1.165, 1.54) is 17.0 Å². The van der Waals surface area contributed by atoms with E-state index in [0.29, 0.717) is 17.8 Å². The highest BCUT2D eigenvalue weighted by molar-refractivity contribution is 7.92. The number of unbranched alkanes of at least 4 members (excludes halogenated alkanes) is 1. The number of rotatable bonds is 13. The molecule has 1 N–H and O–H groups in total. The van der Waals surface area contributed by atoms with Gasteiger partial charge in [0.05, 0.1) is 11.9 Å². The zero-order chi connectivity index (χ0) is 27.5. The molecule has 0 bridgehead atoms. The number of anilines is 1. The summed E-state index contributed by atoms with van der Waals surface area (Å²) in [7, 11) is -3.81. The molecule has 0 aromatic heterocycles. The number of sulfonamides is 1. The molecule has 9 heteroatoms. The van der Waals surface area contributed by atoms with Crippen molar-refractivity contribution >= 4 is 27.5 Å². The van der Waals surface area contributed by atoms with Crippen LogP contribution in [-0.2, 0) is 32.6 Å². The van der Waals surface area contributed by atoms with Gasteiger partial charge in [-0.15, -0.1) is 0 Å². The molecule has 3 aromatic carbocycles. The summed E-state index contributed by atoms with van der Waals surface area (Å²) < 4.78 is 40.0.